The monoisotopic (exact) mass is 370 g/mol. The van der Waals surface area contributed by atoms with Crippen LogP contribution in [0.3, 0.4) is 0 Å². The summed E-state index contributed by atoms with van der Waals surface area (Å²) in [4.78, 5) is 26.5. The topological polar surface area (TPSA) is 49.4 Å². The van der Waals surface area contributed by atoms with Crippen molar-refractivity contribution in [2.24, 2.45) is 5.41 Å². The number of amides is 2. The van der Waals surface area contributed by atoms with E-state index < -0.39 is 23.2 Å². The van der Waals surface area contributed by atoms with Crippen molar-refractivity contribution in [3.63, 3.8) is 0 Å². The van der Waals surface area contributed by atoms with Crippen LogP contribution in [-0.2, 0) is 22.3 Å². The Morgan fingerprint density at radius 1 is 1.23 bits per heavy atom. The Hall–Kier alpha value is -2.05. The summed E-state index contributed by atoms with van der Waals surface area (Å²) in [6.45, 7) is 5.87. The van der Waals surface area contributed by atoms with E-state index in [0.717, 1.165) is 25.0 Å². The number of carbonyl (C=O) groups excluding carboxylic acids is 2. The number of nitrogens with zero attached hydrogens (tertiary/aromatic N) is 1. The van der Waals surface area contributed by atoms with Crippen LogP contribution in [0.1, 0.15) is 51.2 Å². The van der Waals surface area contributed by atoms with Crippen LogP contribution in [0.15, 0.2) is 24.3 Å². The third kappa shape index (κ3) is 5.22. The summed E-state index contributed by atoms with van der Waals surface area (Å²) in [6, 6.07) is 4.38. The SMILES string of the molecule is CC(C)(C)C(=O)NC1CCCCN(Cc2cccc(C(F)(F)F)c2)C1=O. The summed E-state index contributed by atoms with van der Waals surface area (Å²) >= 11 is 0. The Morgan fingerprint density at radius 3 is 2.54 bits per heavy atom. The zero-order chi connectivity index (χ0) is 19.5. The number of carbonyl (C=O) groups is 2. The van der Waals surface area contributed by atoms with Crippen LogP contribution in [0, 0.1) is 5.41 Å². The molecule has 1 aromatic rings. The maximum Gasteiger partial charge on any atom is 0.416 e. The zero-order valence-corrected chi connectivity index (χ0v) is 15.3. The second-order valence-corrected chi connectivity index (χ2v) is 7.73. The molecule has 1 aliphatic heterocycles. The first-order chi connectivity index (χ1) is 12.0. The van der Waals surface area contributed by atoms with Crippen LogP contribution < -0.4 is 5.32 Å². The van der Waals surface area contributed by atoms with Crippen molar-refractivity contribution in [1.82, 2.24) is 10.2 Å². The molecule has 0 bridgehead atoms. The molecule has 0 aromatic heterocycles. The molecule has 7 heteroatoms. The molecule has 144 valence electrons. The van der Waals surface area contributed by atoms with E-state index in [0.29, 0.717) is 18.5 Å². The molecule has 0 radical (unpaired) electrons. The third-order valence-electron chi connectivity index (χ3n) is 4.39. The molecule has 26 heavy (non-hydrogen) atoms. The van der Waals surface area contributed by atoms with Crippen molar-refractivity contribution in [3.8, 4) is 0 Å². The summed E-state index contributed by atoms with van der Waals surface area (Å²) in [7, 11) is 0. The van der Waals surface area contributed by atoms with Crippen molar-refractivity contribution >= 4 is 11.8 Å². The van der Waals surface area contributed by atoms with Crippen LogP contribution in [0.4, 0.5) is 13.2 Å². The molecule has 1 atom stereocenters. The maximum atomic E-state index is 12.9. The summed E-state index contributed by atoms with van der Waals surface area (Å²) in [5.74, 6) is -0.450. The second kappa shape index (κ2) is 7.68. The van der Waals surface area contributed by atoms with Crippen molar-refractivity contribution in [3.05, 3.63) is 35.4 Å². The number of alkyl halides is 3. The summed E-state index contributed by atoms with van der Waals surface area (Å²) < 4.78 is 38.6. The Bertz CT molecular complexity index is 665. The van der Waals surface area contributed by atoms with Crippen molar-refractivity contribution < 1.29 is 22.8 Å². The first kappa shape index (κ1) is 20.3. The molecule has 0 saturated carbocycles. The largest absolute Gasteiger partial charge is 0.416 e. The number of benzene rings is 1. The van der Waals surface area contributed by atoms with Crippen LogP contribution >= 0.6 is 0 Å². The Labute approximate surface area is 151 Å². The van der Waals surface area contributed by atoms with E-state index in [1.807, 2.05) is 0 Å². The lowest BCUT2D eigenvalue weighted by molar-refractivity contribution is -0.138. The predicted octanol–water partition coefficient (Wildman–Crippen LogP) is 3.75. The molecule has 1 fully saturated rings. The molecule has 1 saturated heterocycles. The van der Waals surface area contributed by atoms with Gasteiger partial charge in [-0.1, -0.05) is 32.9 Å². The van der Waals surface area contributed by atoms with E-state index in [1.165, 1.54) is 11.0 Å². The number of halogens is 3. The Kier molecular flexibility index (Phi) is 5.98. The van der Waals surface area contributed by atoms with Crippen LogP contribution in [-0.4, -0.2) is 29.3 Å². The van der Waals surface area contributed by atoms with Gasteiger partial charge in [-0.25, -0.2) is 0 Å². The number of rotatable bonds is 3. The minimum Gasteiger partial charge on any atom is -0.344 e. The third-order valence-corrected chi connectivity index (χ3v) is 4.39. The molecule has 1 aliphatic rings. The first-order valence-corrected chi connectivity index (χ1v) is 8.74. The average Bonchev–Trinajstić information content (AvgIpc) is 2.69. The van der Waals surface area contributed by atoms with Crippen LogP contribution in [0.5, 0.6) is 0 Å². The highest BCUT2D eigenvalue weighted by molar-refractivity contribution is 5.89. The van der Waals surface area contributed by atoms with Crippen molar-refractivity contribution in [1.29, 1.82) is 0 Å². The maximum absolute atomic E-state index is 12.9. The quantitative estimate of drug-likeness (QED) is 0.881. The van der Waals surface area contributed by atoms with Gasteiger partial charge < -0.3 is 10.2 Å². The zero-order valence-electron chi connectivity index (χ0n) is 15.3. The first-order valence-electron chi connectivity index (χ1n) is 8.74. The van der Waals surface area contributed by atoms with E-state index in [2.05, 4.69) is 5.32 Å². The van der Waals surface area contributed by atoms with Crippen LogP contribution in [0.25, 0.3) is 0 Å². The van der Waals surface area contributed by atoms with Gasteiger partial charge in [-0.05, 0) is 37.0 Å². The second-order valence-electron chi connectivity index (χ2n) is 7.73. The summed E-state index contributed by atoms with van der Waals surface area (Å²) in [6.07, 6.45) is -2.34. The number of hydrogen-bond acceptors (Lipinski definition) is 2. The molecule has 2 amide bonds. The van der Waals surface area contributed by atoms with Gasteiger partial charge >= 0.3 is 6.18 Å². The highest BCUT2D eigenvalue weighted by Gasteiger charge is 2.33. The highest BCUT2D eigenvalue weighted by Crippen LogP contribution is 2.30. The normalized spacial score (nSPS) is 19.2. The predicted molar refractivity (Wildman–Crippen MR) is 92.1 cm³/mol. The summed E-state index contributed by atoms with van der Waals surface area (Å²) in [5, 5.41) is 2.79. The number of hydrogen-bond donors (Lipinski definition) is 1. The fraction of sp³-hybridized carbons (Fsp3) is 0.579. The Morgan fingerprint density at radius 2 is 1.92 bits per heavy atom. The molecular weight excluding hydrogens is 345 g/mol. The lowest BCUT2D eigenvalue weighted by atomic mass is 9.95. The van der Waals surface area contributed by atoms with Gasteiger partial charge in [0.15, 0.2) is 0 Å². The minimum absolute atomic E-state index is 0.102. The van der Waals surface area contributed by atoms with Gasteiger partial charge in [0, 0.05) is 18.5 Å². The van der Waals surface area contributed by atoms with E-state index in [4.69, 9.17) is 0 Å². The smallest absolute Gasteiger partial charge is 0.344 e. The van der Waals surface area contributed by atoms with E-state index in [1.54, 1.807) is 26.8 Å². The summed E-state index contributed by atoms with van der Waals surface area (Å²) in [5.41, 5.74) is -0.913. The molecule has 0 spiro atoms. The number of nitrogens with one attached hydrogen (secondary N) is 1. The van der Waals surface area contributed by atoms with Gasteiger partial charge in [-0.15, -0.1) is 0 Å². The lowest BCUT2D eigenvalue weighted by Crippen LogP contribution is -2.50. The van der Waals surface area contributed by atoms with E-state index in [9.17, 15) is 22.8 Å². The van der Waals surface area contributed by atoms with Gasteiger partial charge in [-0.2, -0.15) is 13.2 Å². The van der Waals surface area contributed by atoms with Crippen molar-refractivity contribution in [2.45, 2.75) is 58.8 Å². The fourth-order valence-electron chi connectivity index (χ4n) is 2.84. The van der Waals surface area contributed by atoms with Crippen molar-refractivity contribution in [2.75, 3.05) is 6.54 Å². The van der Waals surface area contributed by atoms with E-state index in [-0.39, 0.29) is 18.4 Å². The van der Waals surface area contributed by atoms with Gasteiger partial charge in [-0.3, -0.25) is 9.59 Å². The molecule has 4 nitrogen and oxygen atoms in total. The molecule has 0 aliphatic carbocycles. The average molecular weight is 370 g/mol. The molecule has 1 heterocycles. The van der Waals surface area contributed by atoms with Gasteiger partial charge in [0.1, 0.15) is 6.04 Å². The Balaban J connectivity index is 2.13. The molecule has 1 aromatic carbocycles. The fourth-order valence-corrected chi connectivity index (χ4v) is 2.84. The van der Waals surface area contributed by atoms with Gasteiger partial charge in [0.25, 0.3) is 0 Å². The lowest BCUT2D eigenvalue weighted by Gasteiger charge is -2.27. The van der Waals surface area contributed by atoms with Gasteiger partial charge in [0.2, 0.25) is 11.8 Å². The number of likely N-dealkylation sites (tertiary alicyclic amines) is 1. The van der Waals surface area contributed by atoms with Crippen LogP contribution in [0.2, 0.25) is 0 Å². The molecule has 2 rings (SSSR count). The van der Waals surface area contributed by atoms with Gasteiger partial charge in [0.05, 0.1) is 5.56 Å². The molecule has 1 N–H and O–H groups in total. The minimum atomic E-state index is -4.41. The van der Waals surface area contributed by atoms with E-state index >= 15 is 0 Å². The highest BCUT2D eigenvalue weighted by atomic mass is 19.4. The molecule has 1 unspecified atom stereocenters. The standard InChI is InChI=1S/C19H25F3N2O2/c1-18(2,3)17(26)23-15-9-4-5-10-24(16(15)25)12-13-7-6-8-14(11-13)19(20,21)22/h6-8,11,15H,4-5,9-10,12H2,1-3H3,(H,23,26). The molecular formula is C19H25F3N2O2.